The van der Waals surface area contributed by atoms with Gasteiger partial charge in [0.2, 0.25) is 0 Å². The minimum atomic E-state index is -0.0674. The number of thiophene rings is 1. The van der Waals surface area contributed by atoms with Crippen LogP contribution in [0.5, 0.6) is 5.75 Å². The molecule has 0 aliphatic heterocycles. The standard InChI is InChI=1S/C9H11N3OS2/c1-5(10)8-11-12-9(15-8)7-6(13-2)3-4-14-7/h3-5H,10H2,1-2H3. The van der Waals surface area contributed by atoms with Crippen molar-refractivity contribution in [3.05, 3.63) is 16.5 Å². The van der Waals surface area contributed by atoms with Crippen molar-refractivity contribution in [2.24, 2.45) is 5.73 Å². The van der Waals surface area contributed by atoms with E-state index in [2.05, 4.69) is 10.2 Å². The molecule has 1 unspecified atom stereocenters. The predicted octanol–water partition coefficient (Wildman–Crippen LogP) is 2.29. The average Bonchev–Trinajstić information content (AvgIpc) is 2.85. The van der Waals surface area contributed by atoms with Gasteiger partial charge in [-0.15, -0.1) is 21.5 Å². The summed E-state index contributed by atoms with van der Waals surface area (Å²) in [6, 6.07) is 1.86. The highest BCUT2D eigenvalue weighted by Crippen LogP contribution is 2.37. The zero-order valence-electron chi connectivity index (χ0n) is 8.43. The molecule has 0 saturated carbocycles. The van der Waals surface area contributed by atoms with Crippen LogP contribution in [0.15, 0.2) is 11.4 Å². The van der Waals surface area contributed by atoms with E-state index in [1.165, 1.54) is 11.3 Å². The highest BCUT2D eigenvalue weighted by molar-refractivity contribution is 7.21. The van der Waals surface area contributed by atoms with Gasteiger partial charge < -0.3 is 10.5 Å². The molecule has 0 radical (unpaired) electrons. The van der Waals surface area contributed by atoms with Crippen LogP contribution in [0, 0.1) is 0 Å². The van der Waals surface area contributed by atoms with Gasteiger partial charge in [0, 0.05) is 0 Å². The minimum Gasteiger partial charge on any atom is -0.495 e. The van der Waals surface area contributed by atoms with E-state index in [9.17, 15) is 0 Å². The Labute approximate surface area is 95.7 Å². The molecule has 0 spiro atoms. The molecule has 2 N–H and O–H groups in total. The third-order valence-corrected chi connectivity index (χ3v) is 4.05. The van der Waals surface area contributed by atoms with Crippen molar-refractivity contribution in [3.8, 4) is 15.6 Å². The van der Waals surface area contributed by atoms with E-state index in [1.54, 1.807) is 18.4 Å². The topological polar surface area (TPSA) is 61.0 Å². The number of hydrogen-bond donors (Lipinski definition) is 1. The molecule has 6 heteroatoms. The number of aromatic nitrogens is 2. The fourth-order valence-electron chi connectivity index (χ4n) is 1.12. The van der Waals surface area contributed by atoms with Gasteiger partial charge in [0.1, 0.15) is 15.6 Å². The summed E-state index contributed by atoms with van der Waals surface area (Å²) in [6.45, 7) is 1.90. The molecule has 0 saturated heterocycles. The van der Waals surface area contributed by atoms with Gasteiger partial charge in [0.05, 0.1) is 13.2 Å². The molecular formula is C9H11N3OS2. The second-order valence-corrected chi connectivity index (χ2v) is 4.98. The molecule has 2 rings (SSSR count). The van der Waals surface area contributed by atoms with Crippen molar-refractivity contribution >= 4 is 22.7 Å². The first kappa shape index (κ1) is 10.5. The SMILES string of the molecule is COc1ccsc1-c1nnc(C(C)N)s1. The number of hydrogen-bond acceptors (Lipinski definition) is 6. The second-order valence-electron chi connectivity index (χ2n) is 3.05. The normalized spacial score (nSPS) is 12.7. The highest BCUT2D eigenvalue weighted by atomic mass is 32.1. The van der Waals surface area contributed by atoms with E-state index in [4.69, 9.17) is 10.5 Å². The molecular weight excluding hydrogens is 230 g/mol. The summed E-state index contributed by atoms with van der Waals surface area (Å²) in [7, 11) is 1.65. The third kappa shape index (κ3) is 2.01. The molecule has 0 fully saturated rings. The molecule has 2 heterocycles. The summed E-state index contributed by atoms with van der Waals surface area (Å²) in [5, 5.41) is 11.8. The van der Waals surface area contributed by atoms with Crippen molar-refractivity contribution in [1.82, 2.24) is 10.2 Å². The second kappa shape index (κ2) is 4.26. The molecule has 0 amide bonds. The first-order valence-corrected chi connectivity index (χ1v) is 6.13. The maximum Gasteiger partial charge on any atom is 0.161 e. The van der Waals surface area contributed by atoms with Crippen LogP contribution in [0.4, 0.5) is 0 Å². The van der Waals surface area contributed by atoms with E-state index < -0.39 is 0 Å². The molecule has 2 aromatic rings. The van der Waals surface area contributed by atoms with Gasteiger partial charge in [-0.25, -0.2) is 0 Å². The van der Waals surface area contributed by atoms with Crippen LogP contribution in [0.3, 0.4) is 0 Å². The van der Waals surface area contributed by atoms with Crippen molar-refractivity contribution in [2.75, 3.05) is 7.11 Å². The zero-order valence-corrected chi connectivity index (χ0v) is 10.1. The van der Waals surface area contributed by atoms with Gasteiger partial charge in [-0.3, -0.25) is 0 Å². The third-order valence-electron chi connectivity index (χ3n) is 1.87. The van der Waals surface area contributed by atoms with Crippen LogP contribution in [0.2, 0.25) is 0 Å². The Morgan fingerprint density at radius 1 is 1.47 bits per heavy atom. The summed E-state index contributed by atoms with van der Waals surface area (Å²) in [6.07, 6.45) is 0. The smallest absolute Gasteiger partial charge is 0.161 e. The van der Waals surface area contributed by atoms with E-state index in [-0.39, 0.29) is 6.04 Å². The molecule has 0 aliphatic rings. The Bertz CT molecular complexity index is 450. The highest BCUT2D eigenvalue weighted by Gasteiger charge is 2.14. The fourth-order valence-corrected chi connectivity index (χ4v) is 2.87. The number of rotatable bonds is 3. The van der Waals surface area contributed by atoms with E-state index >= 15 is 0 Å². The lowest BCUT2D eigenvalue weighted by Gasteiger charge is -1.97. The maximum atomic E-state index is 5.73. The number of methoxy groups -OCH3 is 1. The van der Waals surface area contributed by atoms with Gasteiger partial charge >= 0.3 is 0 Å². The zero-order chi connectivity index (χ0) is 10.8. The summed E-state index contributed by atoms with van der Waals surface area (Å²) in [4.78, 5) is 1.02. The fraction of sp³-hybridized carbons (Fsp3) is 0.333. The summed E-state index contributed by atoms with van der Waals surface area (Å²) >= 11 is 3.11. The van der Waals surface area contributed by atoms with Crippen LogP contribution in [-0.2, 0) is 0 Å². The van der Waals surface area contributed by atoms with Gasteiger partial charge in [0.15, 0.2) is 5.01 Å². The van der Waals surface area contributed by atoms with Crippen LogP contribution in [0.1, 0.15) is 18.0 Å². The first-order valence-electron chi connectivity index (χ1n) is 4.43. The van der Waals surface area contributed by atoms with Crippen molar-refractivity contribution in [3.63, 3.8) is 0 Å². The lowest BCUT2D eigenvalue weighted by atomic mass is 10.4. The summed E-state index contributed by atoms with van der Waals surface area (Å²) in [5.74, 6) is 0.840. The van der Waals surface area contributed by atoms with Gasteiger partial charge in [0.25, 0.3) is 0 Å². The number of nitrogens with zero attached hydrogens (tertiary/aromatic N) is 2. The lowest BCUT2D eigenvalue weighted by molar-refractivity contribution is 0.418. The van der Waals surface area contributed by atoms with Crippen molar-refractivity contribution in [1.29, 1.82) is 0 Å². The molecule has 0 aromatic carbocycles. The van der Waals surface area contributed by atoms with Gasteiger partial charge in [-0.1, -0.05) is 11.3 Å². The van der Waals surface area contributed by atoms with Crippen LogP contribution in [-0.4, -0.2) is 17.3 Å². The monoisotopic (exact) mass is 241 g/mol. The van der Waals surface area contributed by atoms with Crippen molar-refractivity contribution in [2.45, 2.75) is 13.0 Å². The summed E-state index contributed by atoms with van der Waals surface area (Å²) < 4.78 is 5.23. The molecule has 0 aliphatic carbocycles. The number of ether oxygens (including phenoxy) is 1. The molecule has 4 nitrogen and oxygen atoms in total. The molecule has 2 aromatic heterocycles. The first-order chi connectivity index (χ1) is 7.22. The predicted molar refractivity (Wildman–Crippen MR) is 62.4 cm³/mol. The Morgan fingerprint density at radius 3 is 2.87 bits per heavy atom. The molecule has 0 bridgehead atoms. The maximum absolute atomic E-state index is 5.73. The molecule has 80 valence electrons. The van der Waals surface area contributed by atoms with E-state index in [1.807, 2.05) is 18.4 Å². The largest absolute Gasteiger partial charge is 0.495 e. The van der Waals surface area contributed by atoms with Crippen LogP contribution in [0.25, 0.3) is 9.88 Å². The number of nitrogens with two attached hydrogens (primary N) is 1. The Kier molecular flexibility index (Phi) is 2.99. The minimum absolute atomic E-state index is 0.0674. The van der Waals surface area contributed by atoms with E-state index in [0.29, 0.717) is 0 Å². The Hall–Kier alpha value is -0.980. The van der Waals surface area contributed by atoms with Crippen LogP contribution >= 0.6 is 22.7 Å². The summed E-state index contributed by atoms with van der Waals surface area (Å²) in [5.41, 5.74) is 5.73. The quantitative estimate of drug-likeness (QED) is 0.895. The van der Waals surface area contributed by atoms with Crippen LogP contribution < -0.4 is 10.5 Å². The Morgan fingerprint density at radius 2 is 2.27 bits per heavy atom. The van der Waals surface area contributed by atoms with Gasteiger partial charge in [-0.05, 0) is 18.4 Å². The van der Waals surface area contributed by atoms with E-state index in [0.717, 1.165) is 20.6 Å². The van der Waals surface area contributed by atoms with Gasteiger partial charge in [-0.2, -0.15) is 0 Å². The molecule has 1 atom stereocenters. The van der Waals surface area contributed by atoms with Crippen molar-refractivity contribution < 1.29 is 4.74 Å². The Balaban J connectivity index is 2.37. The lowest BCUT2D eigenvalue weighted by Crippen LogP contribution is -2.03. The molecule has 15 heavy (non-hydrogen) atoms. The average molecular weight is 241 g/mol.